The lowest BCUT2D eigenvalue weighted by molar-refractivity contribution is -0.122. The van der Waals surface area contributed by atoms with Crippen LogP contribution in [0.2, 0.25) is 0 Å². The Morgan fingerprint density at radius 3 is 2.96 bits per heavy atom. The Hall–Kier alpha value is -2.18. The number of para-hydroxylation sites is 1. The van der Waals surface area contributed by atoms with Crippen LogP contribution in [0, 0.1) is 0 Å². The van der Waals surface area contributed by atoms with Crippen molar-refractivity contribution in [1.82, 2.24) is 10.3 Å². The highest BCUT2D eigenvalue weighted by Crippen LogP contribution is 2.31. The Morgan fingerprint density at radius 1 is 1.35 bits per heavy atom. The van der Waals surface area contributed by atoms with Crippen LogP contribution in [0.25, 0.3) is 21.0 Å². The van der Waals surface area contributed by atoms with Gasteiger partial charge in [-0.3, -0.25) is 4.79 Å². The second kappa shape index (κ2) is 6.93. The lowest BCUT2D eigenvalue weighted by Crippen LogP contribution is -2.39. The van der Waals surface area contributed by atoms with Crippen LogP contribution in [-0.2, 0) is 11.3 Å². The van der Waals surface area contributed by atoms with E-state index in [-0.39, 0.29) is 5.91 Å². The molecule has 2 heterocycles. The summed E-state index contributed by atoms with van der Waals surface area (Å²) < 4.78 is 6.91. The van der Waals surface area contributed by atoms with E-state index in [1.807, 2.05) is 43.3 Å². The summed E-state index contributed by atoms with van der Waals surface area (Å²) in [6.45, 7) is 2.34. The van der Waals surface area contributed by atoms with Gasteiger partial charge in [0.05, 0.1) is 22.8 Å². The first-order chi connectivity index (χ1) is 11.2. The van der Waals surface area contributed by atoms with Crippen molar-refractivity contribution in [1.29, 1.82) is 0 Å². The zero-order valence-electron chi connectivity index (χ0n) is 12.9. The number of furan rings is 1. The van der Waals surface area contributed by atoms with Gasteiger partial charge in [-0.15, -0.1) is 11.3 Å². The predicted molar refractivity (Wildman–Crippen MR) is 92.1 cm³/mol. The molecule has 120 valence electrons. The zero-order chi connectivity index (χ0) is 16.2. The van der Waals surface area contributed by atoms with Crippen molar-refractivity contribution in [3.8, 4) is 10.8 Å². The molecule has 3 N–H and O–H groups in total. The maximum Gasteiger partial charge on any atom is 0.237 e. The predicted octanol–water partition coefficient (Wildman–Crippen LogP) is 3.30. The van der Waals surface area contributed by atoms with E-state index < -0.39 is 6.04 Å². The molecular formula is C17H19N3O2S. The highest BCUT2D eigenvalue weighted by atomic mass is 32.1. The van der Waals surface area contributed by atoms with Crippen molar-refractivity contribution >= 4 is 27.5 Å². The summed E-state index contributed by atoms with van der Waals surface area (Å²) in [5.74, 6) is 1.26. The minimum atomic E-state index is -0.460. The molecule has 3 rings (SSSR count). The van der Waals surface area contributed by atoms with Crippen LogP contribution in [0.1, 0.15) is 25.5 Å². The van der Waals surface area contributed by atoms with E-state index in [4.69, 9.17) is 10.2 Å². The first kappa shape index (κ1) is 15.7. The molecule has 0 aliphatic carbocycles. The molecule has 0 radical (unpaired) electrons. The van der Waals surface area contributed by atoms with Gasteiger partial charge in [-0.25, -0.2) is 4.98 Å². The molecule has 0 fully saturated rings. The Morgan fingerprint density at radius 2 is 2.17 bits per heavy atom. The molecule has 2 aromatic heterocycles. The SMILES string of the molecule is CCCC(N)C(=O)NCc1ccc(-c2nc3ccccc3s2)o1. The number of benzene rings is 1. The molecule has 6 heteroatoms. The van der Waals surface area contributed by atoms with Gasteiger partial charge in [0, 0.05) is 0 Å². The number of hydrogen-bond donors (Lipinski definition) is 2. The number of fused-ring (bicyclic) bond motifs is 1. The quantitative estimate of drug-likeness (QED) is 0.727. The van der Waals surface area contributed by atoms with Crippen molar-refractivity contribution in [3.63, 3.8) is 0 Å². The Labute approximate surface area is 138 Å². The zero-order valence-corrected chi connectivity index (χ0v) is 13.7. The average molecular weight is 329 g/mol. The summed E-state index contributed by atoms with van der Waals surface area (Å²) in [6, 6.07) is 11.3. The smallest absolute Gasteiger partial charge is 0.237 e. The Kier molecular flexibility index (Phi) is 4.73. The molecule has 5 nitrogen and oxygen atoms in total. The van der Waals surface area contributed by atoms with E-state index in [0.29, 0.717) is 24.5 Å². The van der Waals surface area contributed by atoms with Crippen LogP contribution < -0.4 is 11.1 Å². The maximum absolute atomic E-state index is 11.8. The molecule has 0 saturated carbocycles. The number of amides is 1. The molecule has 23 heavy (non-hydrogen) atoms. The van der Waals surface area contributed by atoms with Gasteiger partial charge in [0.25, 0.3) is 0 Å². The van der Waals surface area contributed by atoms with Gasteiger partial charge in [-0.1, -0.05) is 25.5 Å². The summed E-state index contributed by atoms with van der Waals surface area (Å²) in [5.41, 5.74) is 6.74. The van der Waals surface area contributed by atoms with Crippen molar-refractivity contribution < 1.29 is 9.21 Å². The lowest BCUT2D eigenvalue weighted by atomic mass is 10.2. The first-order valence-electron chi connectivity index (χ1n) is 7.65. The van der Waals surface area contributed by atoms with Crippen molar-refractivity contribution in [2.24, 2.45) is 5.73 Å². The second-order valence-electron chi connectivity index (χ2n) is 5.37. The number of carbonyl (C=O) groups excluding carboxylic acids is 1. The van der Waals surface area contributed by atoms with E-state index in [1.165, 1.54) is 0 Å². The summed E-state index contributed by atoms with van der Waals surface area (Å²) in [5, 5.41) is 3.64. The summed E-state index contributed by atoms with van der Waals surface area (Å²) >= 11 is 1.59. The molecule has 3 aromatic rings. The number of nitrogens with two attached hydrogens (primary N) is 1. The summed E-state index contributed by atoms with van der Waals surface area (Å²) in [6.07, 6.45) is 1.57. The van der Waals surface area contributed by atoms with Gasteiger partial charge >= 0.3 is 0 Å². The second-order valence-corrected chi connectivity index (χ2v) is 6.40. The Bertz CT molecular complexity index is 776. The van der Waals surface area contributed by atoms with Crippen LogP contribution in [0.3, 0.4) is 0 Å². The third-order valence-electron chi connectivity index (χ3n) is 3.54. The molecular weight excluding hydrogens is 310 g/mol. The fourth-order valence-corrected chi connectivity index (χ4v) is 3.24. The minimum Gasteiger partial charge on any atom is -0.457 e. The Balaban J connectivity index is 1.67. The number of thiazole rings is 1. The van der Waals surface area contributed by atoms with E-state index >= 15 is 0 Å². The molecule has 1 aromatic carbocycles. The average Bonchev–Trinajstić information content (AvgIpc) is 3.19. The van der Waals surface area contributed by atoms with Gasteiger partial charge in [0.15, 0.2) is 10.8 Å². The standard InChI is InChI=1S/C17H19N3O2S/c1-2-5-12(18)16(21)19-10-11-8-9-14(22-11)17-20-13-6-3-4-7-15(13)23-17/h3-4,6-9,12H,2,5,10,18H2,1H3,(H,19,21). The number of rotatable bonds is 6. The van der Waals surface area contributed by atoms with Crippen LogP contribution in [-0.4, -0.2) is 16.9 Å². The molecule has 0 bridgehead atoms. The molecule has 1 unspecified atom stereocenters. The van der Waals surface area contributed by atoms with Crippen LogP contribution >= 0.6 is 11.3 Å². The molecule has 0 saturated heterocycles. The van der Waals surface area contributed by atoms with Crippen LogP contribution in [0.15, 0.2) is 40.8 Å². The molecule has 1 atom stereocenters. The van der Waals surface area contributed by atoms with Crippen molar-refractivity contribution in [2.75, 3.05) is 0 Å². The number of nitrogens with one attached hydrogen (secondary N) is 1. The number of aromatic nitrogens is 1. The number of carbonyl (C=O) groups is 1. The largest absolute Gasteiger partial charge is 0.457 e. The van der Waals surface area contributed by atoms with Gasteiger partial charge in [0.2, 0.25) is 5.91 Å². The van der Waals surface area contributed by atoms with E-state index in [1.54, 1.807) is 11.3 Å². The van der Waals surface area contributed by atoms with E-state index in [2.05, 4.69) is 10.3 Å². The summed E-state index contributed by atoms with van der Waals surface area (Å²) in [7, 11) is 0. The van der Waals surface area contributed by atoms with E-state index in [0.717, 1.165) is 21.6 Å². The third-order valence-corrected chi connectivity index (χ3v) is 4.59. The lowest BCUT2D eigenvalue weighted by Gasteiger charge is -2.09. The van der Waals surface area contributed by atoms with Crippen molar-refractivity contribution in [3.05, 3.63) is 42.2 Å². The minimum absolute atomic E-state index is 0.148. The third kappa shape index (κ3) is 3.60. The highest BCUT2D eigenvalue weighted by molar-refractivity contribution is 7.21. The molecule has 1 amide bonds. The first-order valence-corrected chi connectivity index (χ1v) is 8.47. The van der Waals surface area contributed by atoms with Gasteiger partial charge in [-0.05, 0) is 30.7 Å². The van der Waals surface area contributed by atoms with Gasteiger partial charge in [-0.2, -0.15) is 0 Å². The number of nitrogens with zero attached hydrogens (tertiary/aromatic N) is 1. The van der Waals surface area contributed by atoms with E-state index in [9.17, 15) is 4.79 Å². The topological polar surface area (TPSA) is 81.2 Å². The summed E-state index contributed by atoms with van der Waals surface area (Å²) in [4.78, 5) is 16.4. The molecule has 0 spiro atoms. The van der Waals surface area contributed by atoms with Crippen LogP contribution in [0.5, 0.6) is 0 Å². The highest BCUT2D eigenvalue weighted by Gasteiger charge is 2.14. The van der Waals surface area contributed by atoms with Gasteiger partial charge in [0.1, 0.15) is 5.76 Å². The fraction of sp³-hybridized carbons (Fsp3) is 0.294. The molecule has 0 aliphatic heterocycles. The fourth-order valence-electron chi connectivity index (χ4n) is 2.31. The maximum atomic E-state index is 11.8. The normalized spacial score (nSPS) is 12.4. The molecule has 0 aliphatic rings. The van der Waals surface area contributed by atoms with Gasteiger partial charge < -0.3 is 15.5 Å². The van der Waals surface area contributed by atoms with Crippen molar-refractivity contribution in [2.45, 2.75) is 32.4 Å². The number of hydrogen-bond acceptors (Lipinski definition) is 5. The van der Waals surface area contributed by atoms with Crippen LogP contribution in [0.4, 0.5) is 0 Å². The monoisotopic (exact) mass is 329 g/mol.